The van der Waals surface area contributed by atoms with Gasteiger partial charge >= 0.3 is 0 Å². The van der Waals surface area contributed by atoms with Crippen molar-refractivity contribution in [3.05, 3.63) is 5.56 Å². The third-order valence-corrected chi connectivity index (χ3v) is 3.18. The van der Waals surface area contributed by atoms with Gasteiger partial charge in [-0.3, -0.25) is 0 Å². The van der Waals surface area contributed by atoms with Crippen LogP contribution in [0.1, 0.15) is 25.3 Å². The molecule has 0 aliphatic carbocycles. The normalized spacial score (nSPS) is 16.2. The molecular formula is C11H7B7O2. The zero-order valence-electron chi connectivity index (χ0n) is 11.3. The molecule has 0 spiro atoms. The van der Waals surface area contributed by atoms with E-state index in [2.05, 4.69) is 0 Å². The van der Waals surface area contributed by atoms with Crippen molar-refractivity contribution in [2.24, 2.45) is 0 Å². The molecule has 0 saturated heterocycles. The molecule has 2 rings (SSSR count). The van der Waals surface area contributed by atoms with E-state index in [-0.39, 0.29) is 27.9 Å². The Balaban J connectivity index is 2.66. The monoisotopic (exact) mass is 248 g/mol. The fourth-order valence-electron chi connectivity index (χ4n) is 2.34. The number of hydrogen-bond acceptors (Lipinski definition) is 2. The second kappa shape index (κ2) is 4.93. The molecule has 0 N–H and O–H groups in total. The highest BCUT2D eigenvalue weighted by Gasteiger charge is 2.36. The topological polar surface area (TPSA) is 18.5 Å². The highest BCUT2D eigenvalue weighted by atomic mass is 16.7. The Kier molecular flexibility index (Phi) is 3.86. The van der Waals surface area contributed by atoms with Gasteiger partial charge in [0.05, 0.1) is 15.7 Å². The highest BCUT2D eigenvalue weighted by molar-refractivity contribution is 6.56. The Morgan fingerprint density at radius 3 is 1.95 bits per heavy atom. The molecule has 0 fully saturated rings. The number of hydrogen-bond donors (Lipinski definition) is 0. The van der Waals surface area contributed by atoms with Gasteiger partial charge in [0.15, 0.2) is 32.8 Å². The Hall–Kier alpha value is -0.725. The Morgan fingerprint density at radius 1 is 0.950 bits per heavy atom. The molecule has 0 atom stereocenters. The standard InChI is InChI=1S/C11H7B7O2/c1-2-3-10(15,16)4-5(12)7(14)9-8(6(4)13)19-11(17,18)20-9/h2-3H2,1H3. The van der Waals surface area contributed by atoms with Gasteiger partial charge < -0.3 is 9.47 Å². The molecule has 1 aromatic carbocycles. The van der Waals surface area contributed by atoms with Gasteiger partial charge in [-0.05, 0) is 5.46 Å². The average molecular weight is 247 g/mol. The van der Waals surface area contributed by atoms with E-state index in [1.54, 1.807) is 0 Å². The first kappa shape index (κ1) is 15.7. The first-order valence-corrected chi connectivity index (χ1v) is 6.15. The molecule has 1 aliphatic heterocycles. The van der Waals surface area contributed by atoms with Gasteiger partial charge in [0.25, 0.3) is 0 Å². The molecule has 14 radical (unpaired) electrons. The Morgan fingerprint density at radius 2 is 1.45 bits per heavy atom. The van der Waals surface area contributed by atoms with E-state index in [0.717, 1.165) is 6.42 Å². The lowest BCUT2D eigenvalue weighted by molar-refractivity contribution is 0.0844. The fraction of sp³-hybridized carbons (Fsp3) is 0.455. The largest absolute Gasteiger partial charge is 0.469 e. The number of ether oxygens (including phenoxy) is 2. The summed E-state index contributed by atoms with van der Waals surface area (Å²) in [7, 11) is 41.2. The van der Waals surface area contributed by atoms with E-state index in [4.69, 9.17) is 64.4 Å². The summed E-state index contributed by atoms with van der Waals surface area (Å²) in [6, 6.07) is 0. The lowest BCUT2D eigenvalue weighted by atomic mass is 9.45. The summed E-state index contributed by atoms with van der Waals surface area (Å²) in [6.07, 6.45) is 1.19. The van der Waals surface area contributed by atoms with E-state index < -0.39 is 10.8 Å². The summed E-state index contributed by atoms with van der Waals surface area (Å²) in [5.74, 6) is 0.203. The lowest BCUT2D eigenvalue weighted by Crippen LogP contribution is -2.45. The van der Waals surface area contributed by atoms with Crippen LogP contribution in [0.4, 0.5) is 0 Å². The lowest BCUT2D eigenvalue weighted by Gasteiger charge is -2.32. The predicted molar refractivity (Wildman–Crippen MR) is 86.2 cm³/mol. The summed E-state index contributed by atoms with van der Waals surface area (Å²) in [6.45, 7) is 1.93. The van der Waals surface area contributed by atoms with Gasteiger partial charge in [0.2, 0.25) is 0 Å². The predicted octanol–water partition coefficient (Wildman–Crippen LogP) is -2.92. The average Bonchev–Trinajstić information content (AvgIpc) is 2.62. The van der Waals surface area contributed by atoms with Crippen LogP contribution in [0.15, 0.2) is 0 Å². The van der Waals surface area contributed by atoms with E-state index in [1.165, 1.54) is 0 Å². The summed E-state index contributed by atoms with van der Waals surface area (Å²) in [5.41, 5.74) is -1.19. The van der Waals surface area contributed by atoms with Crippen LogP contribution in [0.2, 0.25) is 0 Å². The second-order valence-corrected chi connectivity index (χ2v) is 4.99. The molecule has 0 aromatic heterocycles. The summed E-state index contributed by atoms with van der Waals surface area (Å²) >= 11 is 0. The number of fused-ring (bicyclic) bond motifs is 1. The van der Waals surface area contributed by atoms with Crippen molar-refractivity contribution in [3.63, 3.8) is 0 Å². The smallest absolute Gasteiger partial charge is 0.175 e. The first-order chi connectivity index (χ1) is 9.10. The third-order valence-electron chi connectivity index (χ3n) is 3.18. The molecule has 84 valence electrons. The van der Waals surface area contributed by atoms with Crippen LogP contribution in [0.3, 0.4) is 0 Å². The summed E-state index contributed by atoms with van der Waals surface area (Å²) < 4.78 is 10.4. The first-order valence-electron chi connectivity index (χ1n) is 6.15. The molecule has 1 heterocycles. The summed E-state index contributed by atoms with van der Waals surface area (Å²) in [5, 5.41) is -1.25. The van der Waals surface area contributed by atoms with E-state index in [1.807, 2.05) is 6.92 Å². The second-order valence-electron chi connectivity index (χ2n) is 4.99. The zero-order valence-corrected chi connectivity index (χ0v) is 11.3. The molecule has 1 aliphatic rings. The van der Waals surface area contributed by atoms with E-state index in [9.17, 15) is 0 Å². The van der Waals surface area contributed by atoms with Crippen molar-refractivity contribution in [2.45, 2.75) is 30.6 Å². The van der Waals surface area contributed by atoms with Crippen LogP contribution in [0.5, 0.6) is 11.5 Å². The molecule has 1 aromatic rings. The maximum Gasteiger partial charge on any atom is 0.175 e. The maximum absolute atomic E-state index is 6.08. The van der Waals surface area contributed by atoms with Crippen molar-refractivity contribution in [2.75, 3.05) is 0 Å². The van der Waals surface area contributed by atoms with Gasteiger partial charge in [-0.15, -0.1) is 0 Å². The van der Waals surface area contributed by atoms with Gasteiger partial charge in [-0.1, -0.05) is 41.5 Å². The Bertz CT molecular complexity index is 556. The van der Waals surface area contributed by atoms with Crippen LogP contribution >= 0.6 is 0 Å². The van der Waals surface area contributed by atoms with Crippen molar-refractivity contribution < 1.29 is 9.47 Å². The number of benzene rings is 1. The molecular weight excluding hydrogens is 240 g/mol. The minimum Gasteiger partial charge on any atom is -0.469 e. The van der Waals surface area contributed by atoms with Gasteiger partial charge in [-0.2, -0.15) is 0 Å². The van der Waals surface area contributed by atoms with Crippen molar-refractivity contribution in [1.29, 1.82) is 0 Å². The van der Waals surface area contributed by atoms with E-state index >= 15 is 0 Å². The molecule has 2 nitrogen and oxygen atoms in total. The van der Waals surface area contributed by atoms with Crippen molar-refractivity contribution in [1.82, 2.24) is 0 Å². The maximum atomic E-state index is 6.08. The SMILES string of the molecule is [B]c1c([B])c(C([B])([B])CCC)c([B])c2c1OC([B])([B])O2. The van der Waals surface area contributed by atoms with Gasteiger partial charge in [0, 0.05) is 0 Å². The van der Waals surface area contributed by atoms with Gasteiger partial charge in [-0.25, -0.2) is 0 Å². The zero-order chi connectivity index (χ0) is 15.3. The summed E-state index contributed by atoms with van der Waals surface area (Å²) in [4.78, 5) is 0. The minimum absolute atomic E-state index is 0.0957. The fourth-order valence-corrected chi connectivity index (χ4v) is 2.34. The molecule has 0 unspecified atom stereocenters. The van der Waals surface area contributed by atoms with Crippen molar-refractivity contribution >= 4 is 71.3 Å². The molecule has 9 heteroatoms. The number of rotatable bonds is 3. The van der Waals surface area contributed by atoms with Crippen LogP contribution in [0, 0.1) is 0 Å². The molecule has 0 bridgehead atoms. The van der Waals surface area contributed by atoms with Crippen molar-refractivity contribution in [3.8, 4) is 11.5 Å². The molecule has 0 saturated carbocycles. The van der Waals surface area contributed by atoms with Crippen LogP contribution < -0.4 is 25.9 Å². The van der Waals surface area contributed by atoms with E-state index in [0.29, 0.717) is 12.0 Å². The van der Waals surface area contributed by atoms with Crippen LogP contribution in [-0.2, 0) is 5.21 Å². The highest BCUT2D eigenvalue weighted by Crippen LogP contribution is 2.35. The minimum atomic E-state index is -1.85. The third kappa shape index (κ3) is 2.44. The van der Waals surface area contributed by atoms with Crippen LogP contribution in [-0.4, -0.2) is 60.5 Å². The van der Waals surface area contributed by atoms with Gasteiger partial charge in [0.1, 0.15) is 23.5 Å². The molecule has 0 amide bonds. The quantitative estimate of drug-likeness (QED) is 0.532. The van der Waals surface area contributed by atoms with Crippen LogP contribution in [0.25, 0.3) is 0 Å². The Labute approximate surface area is 129 Å². The molecule has 20 heavy (non-hydrogen) atoms.